The van der Waals surface area contributed by atoms with Gasteiger partial charge < -0.3 is 10.6 Å². The first-order valence-electron chi connectivity index (χ1n) is 5.93. The van der Waals surface area contributed by atoms with E-state index >= 15 is 0 Å². The normalized spacial score (nSPS) is 17.2. The van der Waals surface area contributed by atoms with Gasteiger partial charge in [-0.05, 0) is 17.7 Å². The van der Waals surface area contributed by atoms with Crippen LogP contribution in [0.4, 0.5) is 15.2 Å². The Labute approximate surface area is 117 Å². The van der Waals surface area contributed by atoms with Gasteiger partial charge in [-0.15, -0.1) is 11.3 Å². The standard InChI is InChI=1S/C13H10FN3O2S/c14-7-1-2-8-9(6-11(18)16-10(8)5-7)12(19)17-13-15-3-4-20-13/h1-5,9H,6H2,(H,16,18)(H,15,17,19). The quantitative estimate of drug-likeness (QED) is 0.892. The van der Waals surface area contributed by atoms with E-state index in [1.54, 1.807) is 11.6 Å². The molecule has 1 aliphatic heterocycles. The van der Waals surface area contributed by atoms with Crippen LogP contribution in [-0.2, 0) is 9.59 Å². The summed E-state index contributed by atoms with van der Waals surface area (Å²) >= 11 is 1.30. The summed E-state index contributed by atoms with van der Waals surface area (Å²) < 4.78 is 13.2. The third kappa shape index (κ3) is 2.39. The lowest BCUT2D eigenvalue weighted by Gasteiger charge is -2.24. The fourth-order valence-corrected chi connectivity index (χ4v) is 2.68. The maximum Gasteiger partial charge on any atom is 0.234 e. The number of anilines is 2. The van der Waals surface area contributed by atoms with E-state index in [9.17, 15) is 14.0 Å². The first-order chi connectivity index (χ1) is 9.63. The highest BCUT2D eigenvalue weighted by Crippen LogP contribution is 2.33. The largest absolute Gasteiger partial charge is 0.326 e. The van der Waals surface area contributed by atoms with E-state index in [0.717, 1.165) is 0 Å². The average Bonchev–Trinajstić information content (AvgIpc) is 2.90. The molecule has 0 aliphatic carbocycles. The number of carbonyl (C=O) groups excluding carboxylic acids is 2. The molecule has 20 heavy (non-hydrogen) atoms. The Morgan fingerprint density at radius 3 is 3.10 bits per heavy atom. The Morgan fingerprint density at radius 1 is 1.50 bits per heavy atom. The predicted octanol–water partition coefficient (Wildman–Crippen LogP) is 2.35. The van der Waals surface area contributed by atoms with E-state index in [1.807, 2.05) is 0 Å². The first kappa shape index (κ1) is 12.7. The van der Waals surface area contributed by atoms with Crippen molar-refractivity contribution in [2.75, 3.05) is 10.6 Å². The minimum Gasteiger partial charge on any atom is -0.326 e. The van der Waals surface area contributed by atoms with Crippen LogP contribution >= 0.6 is 11.3 Å². The van der Waals surface area contributed by atoms with E-state index in [-0.39, 0.29) is 18.2 Å². The van der Waals surface area contributed by atoms with Crippen LogP contribution in [0.25, 0.3) is 0 Å². The molecule has 2 amide bonds. The molecule has 1 atom stereocenters. The van der Waals surface area contributed by atoms with Gasteiger partial charge in [0.1, 0.15) is 5.82 Å². The second kappa shape index (κ2) is 5.01. The summed E-state index contributed by atoms with van der Waals surface area (Å²) in [5.41, 5.74) is 0.959. The Hall–Kier alpha value is -2.28. The second-order valence-corrected chi connectivity index (χ2v) is 5.26. The number of amides is 2. The van der Waals surface area contributed by atoms with Gasteiger partial charge in [0, 0.05) is 23.7 Å². The number of nitrogens with one attached hydrogen (secondary N) is 2. The molecule has 0 bridgehead atoms. The summed E-state index contributed by atoms with van der Waals surface area (Å²) in [6, 6.07) is 4.02. The van der Waals surface area contributed by atoms with Crippen LogP contribution in [0.1, 0.15) is 17.9 Å². The van der Waals surface area contributed by atoms with Crippen molar-refractivity contribution in [2.45, 2.75) is 12.3 Å². The van der Waals surface area contributed by atoms with E-state index in [4.69, 9.17) is 0 Å². The number of rotatable bonds is 2. The van der Waals surface area contributed by atoms with Crippen molar-refractivity contribution in [3.63, 3.8) is 0 Å². The number of fused-ring (bicyclic) bond motifs is 1. The third-order valence-corrected chi connectivity index (χ3v) is 3.72. The van der Waals surface area contributed by atoms with Crippen molar-refractivity contribution in [1.82, 2.24) is 4.98 Å². The first-order valence-corrected chi connectivity index (χ1v) is 6.81. The summed E-state index contributed by atoms with van der Waals surface area (Å²) in [6.45, 7) is 0. The zero-order chi connectivity index (χ0) is 14.1. The maximum absolute atomic E-state index is 13.2. The monoisotopic (exact) mass is 291 g/mol. The summed E-state index contributed by atoms with van der Waals surface area (Å²) in [5, 5.41) is 7.45. The number of aromatic nitrogens is 1. The van der Waals surface area contributed by atoms with Crippen LogP contribution in [0, 0.1) is 5.82 Å². The molecule has 0 radical (unpaired) electrons. The van der Waals surface area contributed by atoms with Gasteiger partial charge in [-0.1, -0.05) is 6.07 Å². The van der Waals surface area contributed by atoms with Gasteiger partial charge in [0.25, 0.3) is 0 Å². The van der Waals surface area contributed by atoms with Crippen molar-refractivity contribution in [1.29, 1.82) is 0 Å². The van der Waals surface area contributed by atoms with Gasteiger partial charge in [-0.25, -0.2) is 9.37 Å². The lowest BCUT2D eigenvalue weighted by atomic mass is 9.90. The van der Waals surface area contributed by atoms with Crippen LogP contribution in [0.2, 0.25) is 0 Å². The molecule has 3 rings (SSSR count). The molecule has 1 aromatic carbocycles. The van der Waals surface area contributed by atoms with E-state index in [2.05, 4.69) is 15.6 Å². The van der Waals surface area contributed by atoms with Crippen LogP contribution in [0.5, 0.6) is 0 Å². The Balaban J connectivity index is 1.90. The van der Waals surface area contributed by atoms with Crippen LogP contribution < -0.4 is 10.6 Å². The van der Waals surface area contributed by atoms with Gasteiger partial charge in [0.2, 0.25) is 11.8 Å². The Kier molecular flexibility index (Phi) is 3.19. The highest BCUT2D eigenvalue weighted by atomic mass is 32.1. The Morgan fingerprint density at radius 2 is 2.35 bits per heavy atom. The zero-order valence-electron chi connectivity index (χ0n) is 10.2. The minimum atomic E-state index is -0.636. The van der Waals surface area contributed by atoms with Crippen molar-refractivity contribution in [3.8, 4) is 0 Å². The molecule has 1 aliphatic rings. The van der Waals surface area contributed by atoms with Gasteiger partial charge in [-0.2, -0.15) is 0 Å². The average molecular weight is 291 g/mol. The molecular formula is C13H10FN3O2S. The second-order valence-electron chi connectivity index (χ2n) is 4.36. The molecule has 2 heterocycles. The van der Waals surface area contributed by atoms with Crippen LogP contribution in [0.3, 0.4) is 0 Å². The number of thiazole rings is 1. The fourth-order valence-electron chi connectivity index (χ4n) is 2.15. The summed E-state index contributed by atoms with van der Waals surface area (Å²) in [5.74, 6) is -1.71. The lowest BCUT2D eigenvalue weighted by molar-refractivity contribution is -0.123. The third-order valence-electron chi connectivity index (χ3n) is 3.03. The minimum absolute atomic E-state index is 0.0375. The van der Waals surface area contributed by atoms with Crippen molar-refractivity contribution >= 4 is 34.0 Å². The van der Waals surface area contributed by atoms with E-state index < -0.39 is 11.7 Å². The van der Waals surface area contributed by atoms with E-state index in [0.29, 0.717) is 16.4 Å². The van der Waals surface area contributed by atoms with Gasteiger partial charge in [0.15, 0.2) is 5.13 Å². The number of hydrogen-bond donors (Lipinski definition) is 2. The molecule has 0 spiro atoms. The van der Waals surface area contributed by atoms with E-state index in [1.165, 1.54) is 29.5 Å². The van der Waals surface area contributed by atoms with Crippen LogP contribution in [0.15, 0.2) is 29.8 Å². The summed E-state index contributed by atoms with van der Waals surface area (Å²) in [4.78, 5) is 27.8. The maximum atomic E-state index is 13.2. The molecule has 1 aromatic heterocycles. The molecule has 5 nitrogen and oxygen atoms in total. The SMILES string of the molecule is O=C1CC(C(=O)Nc2nccs2)c2ccc(F)cc2N1. The lowest BCUT2D eigenvalue weighted by Crippen LogP contribution is -2.30. The summed E-state index contributed by atoms with van der Waals surface area (Å²) in [7, 11) is 0. The smallest absolute Gasteiger partial charge is 0.234 e. The molecule has 2 N–H and O–H groups in total. The van der Waals surface area contributed by atoms with Crippen molar-refractivity contribution in [2.24, 2.45) is 0 Å². The zero-order valence-corrected chi connectivity index (χ0v) is 11.0. The van der Waals surface area contributed by atoms with Crippen molar-refractivity contribution < 1.29 is 14.0 Å². The molecule has 1 unspecified atom stereocenters. The highest BCUT2D eigenvalue weighted by Gasteiger charge is 2.31. The van der Waals surface area contributed by atoms with Gasteiger partial charge in [0.05, 0.1) is 5.92 Å². The van der Waals surface area contributed by atoms with Crippen molar-refractivity contribution in [3.05, 3.63) is 41.2 Å². The Bertz CT molecular complexity index is 672. The number of hydrogen-bond acceptors (Lipinski definition) is 4. The summed E-state index contributed by atoms with van der Waals surface area (Å²) in [6.07, 6.45) is 1.62. The molecular weight excluding hydrogens is 281 g/mol. The number of benzene rings is 1. The molecule has 2 aromatic rings. The van der Waals surface area contributed by atoms with Gasteiger partial charge >= 0.3 is 0 Å². The predicted molar refractivity (Wildman–Crippen MR) is 73.1 cm³/mol. The van der Waals surface area contributed by atoms with Crippen LogP contribution in [-0.4, -0.2) is 16.8 Å². The highest BCUT2D eigenvalue weighted by molar-refractivity contribution is 7.13. The molecule has 0 saturated heterocycles. The molecule has 0 fully saturated rings. The number of carbonyl (C=O) groups is 2. The molecule has 7 heteroatoms. The molecule has 102 valence electrons. The number of nitrogens with zero attached hydrogens (tertiary/aromatic N) is 1. The fraction of sp³-hybridized carbons (Fsp3) is 0.154. The molecule has 0 saturated carbocycles. The van der Waals surface area contributed by atoms with Gasteiger partial charge in [-0.3, -0.25) is 9.59 Å². The number of halogens is 1. The topological polar surface area (TPSA) is 71.1 Å².